The monoisotopic (exact) mass is 381 g/mol. The van der Waals surface area contributed by atoms with Gasteiger partial charge in [0.2, 0.25) is 9.84 Å². The third-order valence-electron chi connectivity index (χ3n) is 4.43. The second-order valence-electron chi connectivity index (χ2n) is 6.41. The molecule has 140 valence electrons. The third kappa shape index (κ3) is 5.04. The van der Waals surface area contributed by atoms with Crippen molar-refractivity contribution in [3.63, 3.8) is 0 Å². The lowest BCUT2D eigenvalue weighted by Gasteiger charge is -2.17. The summed E-state index contributed by atoms with van der Waals surface area (Å²) in [6, 6.07) is 25.2. The fourth-order valence-corrected chi connectivity index (χ4v) is 4.17. The molecular formula is C22H23NO3S. The van der Waals surface area contributed by atoms with Gasteiger partial charge in [-0.15, -0.1) is 0 Å². The molecule has 0 saturated carbocycles. The topological polar surface area (TPSA) is 66.4 Å². The van der Waals surface area contributed by atoms with Gasteiger partial charge in [0.25, 0.3) is 0 Å². The number of nitrogens with one attached hydrogen (secondary N) is 1. The third-order valence-corrected chi connectivity index (χ3v) is 6.21. The molecule has 0 amide bonds. The van der Waals surface area contributed by atoms with E-state index in [0.29, 0.717) is 13.0 Å². The van der Waals surface area contributed by atoms with E-state index < -0.39 is 9.84 Å². The lowest BCUT2D eigenvalue weighted by Crippen LogP contribution is -2.34. The summed E-state index contributed by atoms with van der Waals surface area (Å²) in [5.74, 6) is 0. The van der Waals surface area contributed by atoms with Gasteiger partial charge in [0.05, 0.1) is 16.4 Å². The fourth-order valence-electron chi connectivity index (χ4n) is 2.88. The highest BCUT2D eigenvalue weighted by atomic mass is 32.2. The van der Waals surface area contributed by atoms with Crippen LogP contribution in [0.2, 0.25) is 0 Å². The first-order valence-electron chi connectivity index (χ1n) is 8.87. The molecule has 0 bridgehead atoms. The normalized spacial score (nSPS) is 12.6. The van der Waals surface area contributed by atoms with Gasteiger partial charge in [-0.05, 0) is 41.8 Å². The molecule has 0 aromatic heterocycles. The summed E-state index contributed by atoms with van der Waals surface area (Å²) in [7, 11) is -3.50. The molecule has 0 aliphatic rings. The molecule has 3 aromatic carbocycles. The van der Waals surface area contributed by atoms with E-state index in [0.717, 1.165) is 11.1 Å². The van der Waals surface area contributed by atoms with Crippen LogP contribution in [-0.4, -0.2) is 26.2 Å². The van der Waals surface area contributed by atoms with Crippen LogP contribution in [0.5, 0.6) is 0 Å². The Labute approximate surface area is 160 Å². The maximum Gasteiger partial charge on any atom is 0.206 e. The summed E-state index contributed by atoms with van der Waals surface area (Å²) in [6.07, 6.45) is 0.620. The predicted molar refractivity (Wildman–Crippen MR) is 106 cm³/mol. The molecule has 4 nitrogen and oxygen atoms in total. The molecule has 0 saturated heterocycles. The van der Waals surface area contributed by atoms with Crippen molar-refractivity contribution in [2.24, 2.45) is 0 Å². The molecule has 3 aromatic rings. The van der Waals surface area contributed by atoms with E-state index in [1.165, 1.54) is 0 Å². The summed E-state index contributed by atoms with van der Waals surface area (Å²) < 4.78 is 25.3. The minimum absolute atomic E-state index is 0.0108. The van der Waals surface area contributed by atoms with E-state index in [9.17, 15) is 13.5 Å². The molecular weight excluding hydrogens is 358 g/mol. The summed E-state index contributed by atoms with van der Waals surface area (Å²) in [5.41, 5.74) is 2.13. The smallest absolute Gasteiger partial charge is 0.206 e. The van der Waals surface area contributed by atoms with E-state index in [4.69, 9.17) is 0 Å². The van der Waals surface area contributed by atoms with Crippen LogP contribution in [0.1, 0.15) is 11.1 Å². The molecule has 0 heterocycles. The van der Waals surface area contributed by atoms with E-state index >= 15 is 0 Å². The molecule has 0 fully saturated rings. The lowest BCUT2D eigenvalue weighted by molar-refractivity contribution is 0.241. The van der Waals surface area contributed by atoms with Crippen molar-refractivity contribution in [3.8, 4) is 0 Å². The van der Waals surface area contributed by atoms with Crippen molar-refractivity contribution in [3.05, 3.63) is 96.1 Å². The summed E-state index contributed by atoms with van der Waals surface area (Å²) >= 11 is 0. The summed E-state index contributed by atoms with van der Waals surface area (Å²) in [4.78, 5) is 0.561. The average molecular weight is 381 g/mol. The highest BCUT2D eigenvalue weighted by Gasteiger charge is 2.17. The Morgan fingerprint density at radius 3 is 1.89 bits per heavy atom. The Bertz CT molecular complexity index is 940. The number of hydrogen-bond acceptors (Lipinski definition) is 4. The van der Waals surface area contributed by atoms with Crippen LogP contribution >= 0.6 is 0 Å². The maximum absolute atomic E-state index is 12.6. The van der Waals surface area contributed by atoms with Crippen LogP contribution in [0, 0.1) is 0 Å². The Balaban J connectivity index is 1.66. The zero-order valence-corrected chi connectivity index (χ0v) is 15.8. The second-order valence-corrected chi connectivity index (χ2v) is 8.36. The van der Waals surface area contributed by atoms with Gasteiger partial charge < -0.3 is 10.4 Å². The molecule has 1 unspecified atom stereocenters. The summed E-state index contributed by atoms with van der Waals surface area (Å²) in [5, 5.41) is 13.0. The SMILES string of the molecule is O=S(=O)(c1ccccc1)c1ccc(CC(CO)NCc2ccccc2)cc1. The van der Waals surface area contributed by atoms with Gasteiger partial charge >= 0.3 is 0 Å². The fraction of sp³-hybridized carbons (Fsp3) is 0.182. The molecule has 1 atom stereocenters. The first-order valence-corrected chi connectivity index (χ1v) is 10.3. The molecule has 27 heavy (non-hydrogen) atoms. The number of aliphatic hydroxyl groups is 1. The highest BCUT2D eigenvalue weighted by molar-refractivity contribution is 7.91. The zero-order valence-electron chi connectivity index (χ0n) is 15.0. The van der Waals surface area contributed by atoms with Gasteiger partial charge in [0, 0.05) is 12.6 Å². The van der Waals surface area contributed by atoms with Gasteiger partial charge in [0.1, 0.15) is 0 Å². The van der Waals surface area contributed by atoms with Gasteiger partial charge in [-0.3, -0.25) is 0 Å². The lowest BCUT2D eigenvalue weighted by atomic mass is 10.1. The standard InChI is InChI=1S/C22H23NO3S/c24-17-20(23-16-19-7-3-1-4-8-19)15-18-11-13-22(14-12-18)27(25,26)21-9-5-2-6-10-21/h1-14,20,23-24H,15-17H2. The largest absolute Gasteiger partial charge is 0.395 e. The number of benzene rings is 3. The minimum Gasteiger partial charge on any atom is -0.395 e. The molecule has 5 heteroatoms. The Kier molecular flexibility index (Phi) is 6.40. The molecule has 2 N–H and O–H groups in total. The molecule has 0 radical (unpaired) electrons. The van der Waals surface area contributed by atoms with Crippen LogP contribution in [0.4, 0.5) is 0 Å². The van der Waals surface area contributed by atoms with Gasteiger partial charge in [-0.1, -0.05) is 60.7 Å². The average Bonchev–Trinajstić information content (AvgIpc) is 2.73. The number of sulfone groups is 1. The quantitative estimate of drug-likeness (QED) is 0.629. The van der Waals surface area contributed by atoms with Crippen molar-refractivity contribution in [1.29, 1.82) is 0 Å². The van der Waals surface area contributed by atoms with Crippen molar-refractivity contribution in [2.45, 2.75) is 28.8 Å². The van der Waals surface area contributed by atoms with Crippen molar-refractivity contribution in [2.75, 3.05) is 6.61 Å². The van der Waals surface area contributed by atoms with E-state index in [-0.39, 0.29) is 22.4 Å². The number of hydrogen-bond donors (Lipinski definition) is 2. The molecule has 3 rings (SSSR count). The maximum atomic E-state index is 12.6. The first kappa shape index (κ1) is 19.3. The van der Waals surface area contributed by atoms with Crippen LogP contribution < -0.4 is 5.32 Å². The number of aliphatic hydroxyl groups excluding tert-OH is 1. The zero-order chi connectivity index (χ0) is 19.1. The van der Waals surface area contributed by atoms with Crippen LogP contribution in [0.3, 0.4) is 0 Å². The van der Waals surface area contributed by atoms with Gasteiger partial charge in [-0.2, -0.15) is 0 Å². The van der Waals surface area contributed by atoms with Crippen molar-refractivity contribution in [1.82, 2.24) is 5.32 Å². The first-order chi connectivity index (χ1) is 13.1. The van der Waals surface area contributed by atoms with E-state index in [1.807, 2.05) is 42.5 Å². The molecule has 0 aliphatic heterocycles. The second kappa shape index (κ2) is 8.95. The van der Waals surface area contributed by atoms with Crippen LogP contribution in [0.25, 0.3) is 0 Å². The van der Waals surface area contributed by atoms with Crippen molar-refractivity contribution < 1.29 is 13.5 Å². The van der Waals surface area contributed by atoms with Crippen LogP contribution in [0.15, 0.2) is 94.7 Å². The Morgan fingerprint density at radius 2 is 1.30 bits per heavy atom. The van der Waals surface area contributed by atoms with Gasteiger partial charge in [0.15, 0.2) is 0 Å². The molecule has 0 aliphatic carbocycles. The van der Waals surface area contributed by atoms with Crippen molar-refractivity contribution >= 4 is 9.84 Å². The predicted octanol–water partition coefficient (Wildman–Crippen LogP) is 3.21. The molecule has 0 spiro atoms. The van der Waals surface area contributed by atoms with E-state index in [1.54, 1.807) is 42.5 Å². The highest BCUT2D eigenvalue weighted by Crippen LogP contribution is 2.21. The Hall–Kier alpha value is -2.47. The number of rotatable bonds is 8. The summed E-state index contributed by atoms with van der Waals surface area (Å²) in [6.45, 7) is 0.684. The Morgan fingerprint density at radius 1 is 0.741 bits per heavy atom. The minimum atomic E-state index is -3.50. The van der Waals surface area contributed by atoms with Crippen LogP contribution in [-0.2, 0) is 22.8 Å². The van der Waals surface area contributed by atoms with E-state index in [2.05, 4.69) is 5.32 Å². The van der Waals surface area contributed by atoms with Gasteiger partial charge in [-0.25, -0.2) is 8.42 Å².